The van der Waals surface area contributed by atoms with Crippen molar-refractivity contribution in [3.63, 3.8) is 0 Å². The molecule has 1 saturated carbocycles. The minimum absolute atomic E-state index is 0.147. The lowest BCUT2D eigenvalue weighted by atomic mass is 9.84. The van der Waals surface area contributed by atoms with Gasteiger partial charge in [-0.3, -0.25) is 29.4 Å². The first-order chi connectivity index (χ1) is 22.0. The van der Waals surface area contributed by atoms with E-state index in [1.807, 2.05) is 32.1 Å². The van der Waals surface area contributed by atoms with Crippen molar-refractivity contribution in [2.24, 2.45) is 11.7 Å². The predicted molar refractivity (Wildman–Crippen MR) is 184 cm³/mol. The number of carbonyl (C=O) groups excluding carboxylic acids is 4. The molecule has 1 fully saturated rings. The number of nitrogens with zero attached hydrogens (tertiary/aromatic N) is 1. The molecular formula is C34H57N5O6S. The largest absolute Gasteiger partial charge is 0.508 e. The van der Waals surface area contributed by atoms with Crippen LogP contribution in [0, 0.1) is 19.8 Å². The van der Waals surface area contributed by atoms with E-state index < -0.39 is 42.4 Å². The second-order valence-electron chi connectivity index (χ2n) is 12.7. The van der Waals surface area contributed by atoms with Crippen LogP contribution in [0.2, 0.25) is 0 Å². The van der Waals surface area contributed by atoms with Crippen LogP contribution in [-0.2, 0) is 25.6 Å². The number of phenols is 1. The van der Waals surface area contributed by atoms with Crippen molar-refractivity contribution < 1.29 is 29.4 Å². The third kappa shape index (κ3) is 14.0. The molecule has 46 heavy (non-hydrogen) atoms. The van der Waals surface area contributed by atoms with Gasteiger partial charge in [0.2, 0.25) is 23.6 Å². The monoisotopic (exact) mass is 663 g/mol. The van der Waals surface area contributed by atoms with Crippen molar-refractivity contribution in [1.82, 2.24) is 20.9 Å². The van der Waals surface area contributed by atoms with E-state index in [1.54, 1.807) is 12.1 Å². The summed E-state index contributed by atoms with van der Waals surface area (Å²) in [6.45, 7) is 4.18. The Hall–Kier alpha value is -2.67. The Morgan fingerprint density at radius 1 is 1.00 bits per heavy atom. The van der Waals surface area contributed by atoms with Crippen LogP contribution < -0.4 is 21.7 Å². The van der Waals surface area contributed by atoms with Crippen LogP contribution in [0.1, 0.15) is 87.3 Å². The van der Waals surface area contributed by atoms with E-state index in [-0.39, 0.29) is 24.7 Å². The number of hydrogen-bond acceptors (Lipinski definition) is 9. The number of nitrogens with two attached hydrogens (primary N) is 1. The number of carbonyl (C=O) groups is 4. The number of amides is 4. The average Bonchev–Trinajstić information content (AvgIpc) is 3.02. The summed E-state index contributed by atoms with van der Waals surface area (Å²) in [4.78, 5) is 54.3. The Balaban J connectivity index is 1.96. The summed E-state index contributed by atoms with van der Waals surface area (Å²) in [5.41, 5.74) is 8.73. The van der Waals surface area contributed by atoms with Gasteiger partial charge in [-0.05, 0) is 106 Å². The number of aromatic hydroxyl groups is 1. The molecule has 260 valence electrons. The van der Waals surface area contributed by atoms with Crippen LogP contribution in [0.3, 0.4) is 0 Å². The Morgan fingerprint density at radius 2 is 1.65 bits per heavy atom. The second-order valence-corrected chi connectivity index (χ2v) is 13.7. The SMILES string of the molecule is CSCC[C@@H](NC(=O)[C@H](N)Cc1c(C)cc(O)cc1C)C(=O)NCC(=O)NC(=O)[C@H](CC1CCCCC1)N(C)CCCCCCO. The summed E-state index contributed by atoms with van der Waals surface area (Å²) < 4.78 is 0. The maximum Gasteiger partial charge on any atom is 0.245 e. The highest BCUT2D eigenvalue weighted by molar-refractivity contribution is 7.98. The number of thioether (sulfide) groups is 1. The van der Waals surface area contributed by atoms with E-state index in [2.05, 4.69) is 16.0 Å². The van der Waals surface area contributed by atoms with E-state index in [0.717, 1.165) is 68.1 Å². The molecule has 7 N–H and O–H groups in total. The Bertz CT molecular complexity index is 1110. The van der Waals surface area contributed by atoms with Crippen molar-refractivity contribution in [3.8, 4) is 5.75 Å². The lowest BCUT2D eigenvalue weighted by Gasteiger charge is -2.31. The highest BCUT2D eigenvalue weighted by atomic mass is 32.2. The third-order valence-electron chi connectivity index (χ3n) is 8.91. The standard InChI is InChI=1S/C34H57N5O6S/c1-23-18-26(41)19-24(2)27(23)21-28(35)32(43)37-29(14-17-46-4)33(44)36-22-31(42)38-34(45)30(20-25-12-8-7-9-13-25)39(3)15-10-5-6-11-16-40/h18-19,25,28-30,40-41H,5-17,20-22,35H2,1-4H3,(H,36,44)(H,37,43)(H,38,42,45)/t28-,29-,30+/m1/s1. The maximum absolute atomic E-state index is 13.4. The van der Waals surface area contributed by atoms with E-state index >= 15 is 0 Å². The van der Waals surface area contributed by atoms with Gasteiger partial charge in [0.05, 0.1) is 18.6 Å². The van der Waals surface area contributed by atoms with Gasteiger partial charge in [-0.15, -0.1) is 0 Å². The lowest BCUT2D eigenvalue weighted by Crippen LogP contribution is -2.54. The van der Waals surface area contributed by atoms with E-state index in [9.17, 15) is 24.3 Å². The molecule has 1 aromatic carbocycles. The molecule has 4 amide bonds. The van der Waals surface area contributed by atoms with E-state index in [1.165, 1.54) is 18.2 Å². The number of benzene rings is 1. The molecule has 1 aliphatic carbocycles. The summed E-state index contributed by atoms with van der Waals surface area (Å²) in [5.74, 6) is -0.790. The van der Waals surface area contributed by atoms with E-state index in [4.69, 9.17) is 10.8 Å². The minimum Gasteiger partial charge on any atom is -0.508 e. The van der Waals surface area contributed by atoms with Crippen LogP contribution >= 0.6 is 11.8 Å². The van der Waals surface area contributed by atoms with Gasteiger partial charge in [0.1, 0.15) is 11.8 Å². The summed E-state index contributed by atoms with van der Waals surface area (Å²) in [5, 5.41) is 26.7. The number of rotatable bonds is 20. The highest BCUT2D eigenvalue weighted by Gasteiger charge is 2.29. The van der Waals surface area contributed by atoms with Crippen LogP contribution in [0.5, 0.6) is 5.75 Å². The number of phenolic OH excluding ortho intramolecular Hbond substituents is 1. The molecule has 0 radical (unpaired) electrons. The normalized spacial score (nSPS) is 15.6. The summed E-state index contributed by atoms with van der Waals surface area (Å²) in [6, 6.07) is 0.980. The number of aliphatic hydroxyl groups is 1. The first kappa shape index (κ1) is 39.5. The lowest BCUT2D eigenvalue weighted by molar-refractivity contribution is -0.135. The summed E-state index contributed by atoms with van der Waals surface area (Å²) in [7, 11) is 1.92. The fraction of sp³-hybridized carbons (Fsp3) is 0.706. The van der Waals surface area contributed by atoms with Gasteiger partial charge < -0.3 is 26.6 Å². The Labute approximate surface area is 279 Å². The van der Waals surface area contributed by atoms with Crippen molar-refractivity contribution >= 4 is 35.4 Å². The zero-order chi connectivity index (χ0) is 34.1. The molecule has 11 nitrogen and oxygen atoms in total. The van der Waals surface area contributed by atoms with Gasteiger partial charge in [-0.25, -0.2) is 0 Å². The third-order valence-corrected chi connectivity index (χ3v) is 9.55. The second kappa shape index (κ2) is 21.3. The molecule has 0 unspecified atom stereocenters. The average molecular weight is 664 g/mol. The van der Waals surface area contributed by atoms with Gasteiger partial charge in [0.15, 0.2) is 0 Å². The van der Waals surface area contributed by atoms with Gasteiger partial charge in [0.25, 0.3) is 0 Å². The quantitative estimate of drug-likeness (QED) is 0.115. The topological polar surface area (TPSA) is 174 Å². The summed E-state index contributed by atoms with van der Waals surface area (Å²) in [6.07, 6.45) is 12.4. The molecule has 12 heteroatoms. The fourth-order valence-corrected chi connectivity index (χ4v) is 6.62. The zero-order valence-electron chi connectivity index (χ0n) is 28.2. The number of imide groups is 1. The number of unbranched alkanes of at least 4 members (excludes halogenated alkanes) is 3. The van der Waals surface area contributed by atoms with Gasteiger partial charge >= 0.3 is 0 Å². The number of aliphatic hydroxyl groups excluding tert-OH is 1. The van der Waals surface area contributed by atoms with Gasteiger partial charge in [0, 0.05) is 6.61 Å². The highest BCUT2D eigenvalue weighted by Crippen LogP contribution is 2.28. The molecule has 2 rings (SSSR count). The van der Waals surface area contributed by atoms with Crippen LogP contribution in [-0.4, -0.2) is 95.6 Å². The molecule has 1 aliphatic rings. The molecule has 3 atom stereocenters. The molecule has 0 heterocycles. The minimum atomic E-state index is -0.916. The number of likely N-dealkylation sites (N-methyl/N-ethyl adjacent to an activating group) is 1. The van der Waals surface area contributed by atoms with Gasteiger partial charge in [-0.2, -0.15) is 11.8 Å². The van der Waals surface area contributed by atoms with Crippen molar-refractivity contribution in [3.05, 3.63) is 28.8 Å². The Morgan fingerprint density at radius 3 is 2.28 bits per heavy atom. The predicted octanol–water partition coefficient (Wildman–Crippen LogP) is 2.70. The number of hydrogen-bond donors (Lipinski definition) is 6. The first-order valence-corrected chi connectivity index (χ1v) is 18.1. The number of nitrogens with one attached hydrogen (secondary N) is 3. The maximum atomic E-state index is 13.4. The van der Waals surface area contributed by atoms with Crippen molar-refractivity contribution in [2.75, 3.05) is 38.8 Å². The van der Waals surface area contributed by atoms with Crippen molar-refractivity contribution in [1.29, 1.82) is 0 Å². The first-order valence-electron chi connectivity index (χ1n) is 16.7. The molecule has 1 aromatic rings. The van der Waals surface area contributed by atoms with Crippen LogP contribution in [0.4, 0.5) is 0 Å². The molecule has 0 saturated heterocycles. The van der Waals surface area contributed by atoms with Crippen LogP contribution in [0.25, 0.3) is 0 Å². The molecule has 0 bridgehead atoms. The molecule has 0 aromatic heterocycles. The fourth-order valence-electron chi connectivity index (χ4n) is 6.15. The van der Waals surface area contributed by atoms with Gasteiger partial charge in [-0.1, -0.05) is 44.9 Å². The molecular weight excluding hydrogens is 606 g/mol. The van der Waals surface area contributed by atoms with E-state index in [0.29, 0.717) is 31.1 Å². The smallest absolute Gasteiger partial charge is 0.245 e. The van der Waals surface area contributed by atoms with Crippen molar-refractivity contribution in [2.45, 2.75) is 109 Å². The van der Waals surface area contributed by atoms with Crippen LogP contribution in [0.15, 0.2) is 12.1 Å². The summed E-state index contributed by atoms with van der Waals surface area (Å²) >= 11 is 1.53. The molecule has 0 aliphatic heterocycles. The molecule has 0 spiro atoms. The Kier molecular flexibility index (Phi) is 18.3. The zero-order valence-corrected chi connectivity index (χ0v) is 29.1. The number of aryl methyl sites for hydroxylation is 2.